The molecule has 8 nitrogen and oxygen atoms in total. The number of imide groups is 1. The minimum absolute atomic E-state index is 0.0641. The lowest BCUT2D eigenvalue weighted by atomic mass is 9.59. The van der Waals surface area contributed by atoms with Crippen molar-refractivity contribution in [2.45, 2.75) is 10.8 Å². The third kappa shape index (κ3) is 3.99. The molecule has 8 rings (SSSR count). The number of Topliss-reactive ketones (excluding diaryl/α,β-unsaturated/α-hetero) is 1. The molecule has 0 aromatic heterocycles. The number of aromatic carboxylic acids is 1. The molecule has 4 atom stereocenters. The van der Waals surface area contributed by atoms with E-state index in [2.05, 4.69) is 0 Å². The van der Waals surface area contributed by atoms with Crippen LogP contribution in [-0.4, -0.2) is 42.9 Å². The molecule has 3 aliphatic rings. The van der Waals surface area contributed by atoms with Crippen molar-refractivity contribution in [3.63, 3.8) is 0 Å². The Labute approximate surface area is 288 Å². The second kappa shape index (κ2) is 11.4. The van der Waals surface area contributed by atoms with Gasteiger partial charge in [-0.2, -0.15) is 0 Å². The van der Waals surface area contributed by atoms with Crippen LogP contribution in [0.4, 0.5) is 5.69 Å². The predicted octanol–water partition coefficient (Wildman–Crippen LogP) is 6.59. The van der Waals surface area contributed by atoms with Gasteiger partial charge in [-0.15, -0.1) is 0 Å². The Hall–Kier alpha value is -6.28. The lowest BCUT2D eigenvalue weighted by Crippen LogP contribution is -2.45. The number of nitrogens with zero attached hydrogens (tertiary/aromatic N) is 1. The van der Waals surface area contributed by atoms with Crippen LogP contribution >= 0.6 is 0 Å². The minimum Gasteiger partial charge on any atom is -0.497 e. The molecule has 5 aromatic carbocycles. The first-order chi connectivity index (χ1) is 24.3. The fourth-order valence-corrected chi connectivity index (χ4v) is 8.67. The molecule has 2 bridgehead atoms. The first-order valence-corrected chi connectivity index (χ1v) is 16.2. The van der Waals surface area contributed by atoms with Gasteiger partial charge in [0, 0.05) is 0 Å². The van der Waals surface area contributed by atoms with E-state index in [1.807, 2.05) is 109 Å². The number of carboxylic acids is 1. The van der Waals surface area contributed by atoms with Crippen molar-refractivity contribution in [1.29, 1.82) is 0 Å². The fraction of sp³-hybridized carbons (Fsp3) is 0.143. The number of hydrogen-bond acceptors (Lipinski definition) is 6. The van der Waals surface area contributed by atoms with E-state index >= 15 is 14.4 Å². The highest BCUT2D eigenvalue weighted by atomic mass is 16.5. The van der Waals surface area contributed by atoms with Crippen molar-refractivity contribution >= 4 is 40.4 Å². The molecule has 1 saturated heterocycles. The van der Waals surface area contributed by atoms with E-state index in [-0.39, 0.29) is 17.0 Å². The Morgan fingerprint density at radius 1 is 0.600 bits per heavy atom. The highest BCUT2D eigenvalue weighted by molar-refractivity contribution is 6.39. The van der Waals surface area contributed by atoms with Gasteiger partial charge < -0.3 is 14.6 Å². The van der Waals surface area contributed by atoms with Crippen LogP contribution in [0, 0.1) is 11.8 Å². The molecule has 0 unspecified atom stereocenters. The van der Waals surface area contributed by atoms with Gasteiger partial charge in [0.05, 0.1) is 48.1 Å². The van der Waals surface area contributed by atoms with E-state index in [0.29, 0.717) is 44.9 Å². The molecule has 2 amide bonds. The number of ketones is 1. The molecule has 5 aromatic rings. The summed E-state index contributed by atoms with van der Waals surface area (Å²) in [4.78, 5) is 59.3. The second-order valence-corrected chi connectivity index (χ2v) is 12.7. The van der Waals surface area contributed by atoms with E-state index < -0.39 is 40.4 Å². The SMILES string of the molecule is COc1ccc(C2=C(c3ccc(OC)cc3)[C@@]3(c4ccccc4)C(=O)[C@@]2(c2ccccc2)[C@@H]2C(=O)N(c4cccc(C(=O)O)c4)C(=O)[C@H]23)cc1. The zero-order valence-electron chi connectivity index (χ0n) is 27.2. The van der Waals surface area contributed by atoms with Gasteiger partial charge in [0.15, 0.2) is 5.78 Å². The Kier molecular flexibility index (Phi) is 7.08. The fourth-order valence-electron chi connectivity index (χ4n) is 8.67. The summed E-state index contributed by atoms with van der Waals surface area (Å²) < 4.78 is 11.0. The average Bonchev–Trinajstić information content (AvgIpc) is 3.67. The number of fused-ring (bicyclic) bond motifs is 5. The third-order valence-corrected chi connectivity index (χ3v) is 10.6. The summed E-state index contributed by atoms with van der Waals surface area (Å²) in [7, 11) is 3.16. The van der Waals surface area contributed by atoms with Crippen LogP contribution in [0.5, 0.6) is 11.5 Å². The number of rotatable bonds is 8. The molecule has 0 spiro atoms. The highest BCUT2D eigenvalue weighted by Crippen LogP contribution is 2.74. The number of carbonyl (C=O) groups is 4. The molecular formula is C42H31NO7. The van der Waals surface area contributed by atoms with E-state index in [4.69, 9.17) is 9.47 Å². The number of allylic oxidation sites excluding steroid dienone is 2. The first kappa shape index (κ1) is 31.0. The lowest BCUT2D eigenvalue weighted by molar-refractivity contribution is -0.130. The van der Waals surface area contributed by atoms with E-state index in [0.717, 1.165) is 4.90 Å². The number of hydrogen-bond donors (Lipinski definition) is 1. The van der Waals surface area contributed by atoms with Crippen LogP contribution in [0.15, 0.2) is 133 Å². The molecule has 2 fully saturated rings. The standard InChI is InChI=1S/C42H31NO7/c1-49-31-20-16-25(17-21-31)33-34(26-18-22-32(50-2)23-19-26)42(29-13-7-4-8-14-29)36-35(41(33,40(42)48)28-11-5-3-6-12-28)37(44)43(38(36)45)30-15-9-10-27(24-30)39(46)47/h3-24,35-36H,1-2H3,(H,46,47)/t35-,36-,41+,42+/m0/s1. The number of carboxylic acid groups (broad SMARTS) is 1. The Morgan fingerprint density at radius 2 is 1.04 bits per heavy atom. The van der Waals surface area contributed by atoms with Gasteiger partial charge in [0.25, 0.3) is 0 Å². The van der Waals surface area contributed by atoms with Crippen molar-refractivity contribution < 1.29 is 33.8 Å². The van der Waals surface area contributed by atoms with Crippen LogP contribution < -0.4 is 14.4 Å². The molecule has 246 valence electrons. The average molecular weight is 662 g/mol. The number of benzene rings is 5. The maximum atomic E-state index is 16.0. The normalized spacial score (nSPS) is 23.7. The molecule has 1 saturated carbocycles. The van der Waals surface area contributed by atoms with Crippen molar-refractivity contribution in [3.05, 3.63) is 161 Å². The number of methoxy groups -OCH3 is 2. The summed E-state index contributed by atoms with van der Waals surface area (Å²) in [6.07, 6.45) is 0. The highest BCUT2D eigenvalue weighted by Gasteiger charge is 2.82. The number of carbonyl (C=O) groups excluding carboxylic acids is 3. The smallest absolute Gasteiger partial charge is 0.335 e. The largest absolute Gasteiger partial charge is 0.497 e. The van der Waals surface area contributed by atoms with Gasteiger partial charge in [-0.05, 0) is 75.9 Å². The van der Waals surface area contributed by atoms with Gasteiger partial charge in [0.2, 0.25) is 11.8 Å². The van der Waals surface area contributed by atoms with Crippen molar-refractivity contribution in [3.8, 4) is 11.5 Å². The predicted molar refractivity (Wildman–Crippen MR) is 187 cm³/mol. The van der Waals surface area contributed by atoms with E-state index in [1.165, 1.54) is 18.2 Å². The number of amides is 2. The quantitative estimate of drug-likeness (QED) is 0.187. The van der Waals surface area contributed by atoms with E-state index in [1.54, 1.807) is 20.3 Å². The maximum Gasteiger partial charge on any atom is 0.335 e. The number of anilines is 1. The minimum atomic E-state index is -1.60. The van der Waals surface area contributed by atoms with Gasteiger partial charge in [-0.1, -0.05) is 91.0 Å². The zero-order chi connectivity index (χ0) is 34.8. The van der Waals surface area contributed by atoms with Crippen LogP contribution in [0.25, 0.3) is 11.1 Å². The molecule has 1 heterocycles. The summed E-state index contributed by atoms with van der Waals surface area (Å²) in [5.41, 5.74) is 0.741. The summed E-state index contributed by atoms with van der Waals surface area (Å²) in [5, 5.41) is 9.79. The van der Waals surface area contributed by atoms with Crippen LogP contribution in [0.3, 0.4) is 0 Å². The Balaban J connectivity index is 1.53. The van der Waals surface area contributed by atoms with Crippen LogP contribution in [0.2, 0.25) is 0 Å². The second-order valence-electron chi connectivity index (χ2n) is 12.7. The van der Waals surface area contributed by atoms with E-state index in [9.17, 15) is 9.90 Å². The van der Waals surface area contributed by atoms with Gasteiger partial charge in [0.1, 0.15) is 11.5 Å². The molecule has 1 N–H and O–H groups in total. The topological polar surface area (TPSA) is 110 Å². The molecular weight excluding hydrogens is 630 g/mol. The lowest BCUT2D eigenvalue weighted by Gasteiger charge is -2.39. The monoisotopic (exact) mass is 661 g/mol. The number of ether oxygens (including phenoxy) is 2. The molecule has 0 radical (unpaired) electrons. The van der Waals surface area contributed by atoms with Gasteiger partial charge >= 0.3 is 5.97 Å². The molecule has 8 heteroatoms. The molecule has 50 heavy (non-hydrogen) atoms. The van der Waals surface area contributed by atoms with Crippen molar-refractivity contribution in [2.24, 2.45) is 11.8 Å². The van der Waals surface area contributed by atoms with Crippen molar-refractivity contribution in [1.82, 2.24) is 0 Å². The Morgan fingerprint density at radius 3 is 1.44 bits per heavy atom. The zero-order valence-corrected chi connectivity index (χ0v) is 27.2. The summed E-state index contributed by atoms with van der Waals surface area (Å²) in [5.74, 6) is -3.60. The van der Waals surface area contributed by atoms with Gasteiger partial charge in [-0.25, -0.2) is 9.69 Å². The van der Waals surface area contributed by atoms with Crippen molar-refractivity contribution in [2.75, 3.05) is 19.1 Å². The van der Waals surface area contributed by atoms with Crippen LogP contribution in [0.1, 0.15) is 32.6 Å². The first-order valence-electron chi connectivity index (χ1n) is 16.2. The Bertz CT molecular complexity index is 2100. The third-order valence-electron chi connectivity index (χ3n) is 10.6. The molecule has 2 aliphatic carbocycles. The van der Waals surface area contributed by atoms with Crippen LogP contribution in [-0.2, 0) is 25.2 Å². The molecule has 1 aliphatic heterocycles. The summed E-state index contributed by atoms with van der Waals surface area (Å²) >= 11 is 0. The summed E-state index contributed by atoms with van der Waals surface area (Å²) in [6, 6.07) is 39.1. The van der Waals surface area contributed by atoms with Gasteiger partial charge in [-0.3, -0.25) is 14.4 Å². The summed E-state index contributed by atoms with van der Waals surface area (Å²) in [6.45, 7) is 0. The maximum absolute atomic E-state index is 16.0.